The highest BCUT2D eigenvalue weighted by Gasteiger charge is 2.09. The Morgan fingerprint density at radius 3 is 2.37 bits per heavy atom. The highest BCUT2D eigenvalue weighted by Crippen LogP contribution is 2.13. The Morgan fingerprint density at radius 1 is 0.967 bits per heavy atom. The average Bonchev–Trinajstić information content (AvgIpc) is 3.15. The lowest BCUT2D eigenvalue weighted by Gasteiger charge is -2.06. The molecule has 0 atom stereocenters. The zero-order valence-electron chi connectivity index (χ0n) is 16.5. The van der Waals surface area contributed by atoms with Crippen LogP contribution in [0.2, 0.25) is 0 Å². The van der Waals surface area contributed by atoms with Gasteiger partial charge in [-0.3, -0.25) is 4.79 Å². The number of nitrogens with zero attached hydrogens (tertiary/aromatic N) is 2. The monoisotopic (exact) mass is 399 g/mol. The van der Waals surface area contributed by atoms with E-state index in [4.69, 9.17) is 5.11 Å². The molecule has 6 heteroatoms. The molecule has 0 unspecified atom stereocenters. The van der Waals surface area contributed by atoms with Gasteiger partial charge in [-0.25, -0.2) is 9.78 Å². The number of carbonyl (C=O) groups excluding carboxylic acids is 1. The van der Waals surface area contributed by atoms with Crippen LogP contribution in [0, 0.1) is 6.92 Å². The smallest absolute Gasteiger partial charge is 0.335 e. The minimum absolute atomic E-state index is 0.206. The number of amides is 1. The molecule has 0 aliphatic heterocycles. The van der Waals surface area contributed by atoms with Crippen LogP contribution in [0.4, 0.5) is 0 Å². The van der Waals surface area contributed by atoms with Gasteiger partial charge in [-0.05, 0) is 42.3 Å². The molecule has 1 amide bonds. The third kappa shape index (κ3) is 4.38. The number of rotatable bonds is 6. The summed E-state index contributed by atoms with van der Waals surface area (Å²) < 4.78 is 1.91. The molecule has 2 aromatic carbocycles. The van der Waals surface area contributed by atoms with Crippen molar-refractivity contribution < 1.29 is 14.7 Å². The second-order valence-electron chi connectivity index (χ2n) is 7.26. The van der Waals surface area contributed by atoms with E-state index >= 15 is 0 Å². The topological polar surface area (TPSA) is 83.7 Å². The number of aromatic nitrogens is 2. The van der Waals surface area contributed by atoms with Gasteiger partial charge in [-0.2, -0.15) is 0 Å². The van der Waals surface area contributed by atoms with E-state index in [9.17, 15) is 9.59 Å². The molecule has 2 N–H and O–H groups in total. The van der Waals surface area contributed by atoms with Gasteiger partial charge in [-0.15, -0.1) is 0 Å². The number of carbonyl (C=O) groups is 2. The van der Waals surface area contributed by atoms with Crippen molar-refractivity contribution in [2.24, 2.45) is 0 Å². The van der Waals surface area contributed by atoms with E-state index in [1.165, 1.54) is 23.3 Å². The van der Waals surface area contributed by atoms with Crippen LogP contribution in [0.5, 0.6) is 0 Å². The predicted molar refractivity (Wildman–Crippen MR) is 114 cm³/mol. The minimum Gasteiger partial charge on any atom is -0.478 e. The standard InChI is InChI=1S/C24H21N3O3/c1-16-2-4-17(5-3-16)12-21-15-27-11-10-20(13-22(27)26-21)23(28)25-14-18-6-8-19(9-7-18)24(29)30/h2-11,13,15H,12,14H2,1H3,(H,25,28)(H,29,30). The second-order valence-corrected chi connectivity index (χ2v) is 7.26. The number of pyridine rings is 1. The second kappa shape index (κ2) is 8.21. The molecule has 0 bridgehead atoms. The van der Waals surface area contributed by atoms with Crippen LogP contribution in [-0.4, -0.2) is 26.4 Å². The summed E-state index contributed by atoms with van der Waals surface area (Å²) in [4.78, 5) is 28.1. The van der Waals surface area contributed by atoms with Crippen LogP contribution in [0.3, 0.4) is 0 Å². The van der Waals surface area contributed by atoms with Gasteiger partial charge in [0.05, 0.1) is 11.3 Å². The number of benzene rings is 2. The van der Waals surface area contributed by atoms with E-state index in [-0.39, 0.29) is 11.5 Å². The highest BCUT2D eigenvalue weighted by atomic mass is 16.4. The fourth-order valence-corrected chi connectivity index (χ4v) is 3.23. The average molecular weight is 399 g/mol. The fraction of sp³-hybridized carbons (Fsp3) is 0.125. The van der Waals surface area contributed by atoms with Gasteiger partial charge in [0.15, 0.2) is 0 Å². The number of carboxylic acid groups (broad SMARTS) is 1. The third-order valence-corrected chi connectivity index (χ3v) is 4.93. The molecule has 2 aromatic heterocycles. The molecule has 4 rings (SSSR count). The summed E-state index contributed by atoms with van der Waals surface area (Å²) in [6, 6.07) is 18.3. The Balaban J connectivity index is 1.44. The van der Waals surface area contributed by atoms with Gasteiger partial charge in [-0.1, -0.05) is 42.0 Å². The van der Waals surface area contributed by atoms with E-state index < -0.39 is 5.97 Å². The SMILES string of the molecule is Cc1ccc(Cc2cn3ccc(C(=O)NCc4ccc(C(=O)O)cc4)cc3n2)cc1. The third-order valence-electron chi connectivity index (χ3n) is 4.93. The van der Waals surface area contributed by atoms with Gasteiger partial charge in [0.2, 0.25) is 0 Å². The van der Waals surface area contributed by atoms with Crippen LogP contribution in [-0.2, 0) is 13.0 Å². The maximum Gasteiger partial charge on any atom is 0.335 e. The number of aromatic carboxylic acids is 1. The Bertz CT molecular complexity index is 1210. The van der Waals surface area contributed by atoms with Crippen LogP contribution in [0.1, 0.15) is 43.1 Å². The van der Waals surface area contributed by atoms with Crippen LogP contribution < -0.4 is 5.32 Å². The molecule has 0 spiro atoms. The number of nitrogens with one attached hydrogen (secondary N) is 1. The summed E-state index contributed by atoms with van der Waals surface area (Å²) in [6.45, 7) is 2.38. The highest BCUT2D eigenvalue weighted by molar-refractivity contribution is 5.95. The summed E-state index contributed by atoms with van der Waals surface area (Å²) in [7, 11) is 0. The Labute approximate surface area is 173 Å². The maximum atomic E-state index is 12.5. The zero-order valence-corrected chi connectivity index (χ0v) is 16.5. The molecule has 0 saturated carbocycles. The minimum atomic E-state index is -0.972. The van der Waals surface area contributed by atoms with E-state index in [0.717, 1.165) is 23.3 Å². The van der Waals surface area contributed by atoms with Gasteiger partial charge in [0.1, 0.15) is 5.65 Å². The molecule has 0 fully saturated rings. The largest absolute Gasteiger partial charge is 0.478 e. The Hall–Kier alpha value is -3.93. The molecule has 0 aliphatic rings. The fourth-order valence-electron chi connectivity index (χ4n) is 3.23. The lowest BCUT2D eigenvalue weighted by molar-refractivity contribution is 0.0696. The molecular formula is C24H21N3O3. The van der Waals surface area contributed by atoms with Crippen molar-refractivity contribution in [3.63, 3.8) is 0 Å². The van der Waals surface area contributed by atoms with Crippen molar-refractivity contribution >= 4 is 17.5 Å². The molecule has 2 heterocycles. The number of aryl methyl sites for hydroxylation is 1. The lowest BCUT2D eigenvalue weighted by atomic mass is 10.1. The zero-order chi connectivity index (χ0) is 21.1. The number of fused-ring (bicyclic) bond motifs is 1. The van der Waals surface area contributed by atoms with Crippen molar-refractivity contribution in [1.29, 1.82) is 0 Å². The summed E-state index contributed by atoms with van der Waals surface area (Å²) in [5.41, 5.74) is 5.65. The first-order valence-corrected chi connectivity index (χ1v) is 9.61. The first-order valence-electron chi connectivity index (χ1n) is 9.61. The van der Waals surface area contributed by atoms with Crippen molar-refractivity contribution in [2.75, 3.05) is 0 Å². The van der Waals surface area contributed by atoms with Crippen molar-refractivity contribution in [3.8, 4) is 0 Å². The molecule has 4 aromatic rings. The number of carboxylic acids is 1. The predicted octanol–water partition coefficient (Wildman–Crippen LogP) is 3.86. The lowest BCUT2D eigenvalue weighted by Crippen LogP contribution is -2.22. The van der Waals surface area contributed by atoms with E-state index in [2.05, 4.69) is 41.5 Å². The van der Waals surface area contributed by atoms with Gasteiger partial charge >= 0.3 is 5.97 Å². The first kappa shape index (κ1) is 19.4. The van der Waals surface area contributed by atoms with Crippen LogP contribution in [0.25, 0.3) is 5.65 Å². The van der Waals surface area contributed by atoms with Gasteiger partial charge in [0, 0.05) is 30.9 Å². The van der Waals surface area contributed by atoms with Gasteiger partial charge in [0.25, 0.3) is 5.91 Å². The van der Waals surface area contributed by atoms with Crippen molar-refractivity contribution in [1.82, 2.24) is 14.7 Å². The summed E-state index contributed by atoms with van der Waals surface area (Å²) >= 11 is 0. The molecule has 6 nitrogen and oxygen atoms in total. The van der Waals surface area contributed by atoms with Crippen molar-refractivity contribution in [3.05, 3.63) is 107 Å². The number of hydrogen-bond donors (Lipinski definition) is 2. The molecule has 0 saturated heterocycles. The van der Waals surface area contributed by atoms with Crippen LogP contribution >= 0.6 is 0 Å². The summed E-state index contributed by atoms with van der Waals surface area (Å²) in [5, 5.41) is 11.8. The Kier molecular flexibility index (Phi) is 5.30. The number of hydrogen-bond acceptors (Lipinski definition) is 3. The summed E-state index contributed by atoms with van der Waals surface area (Å²) in [6.07, 6.45) is 4.54. The molecular weight excluding hydrogens is 378 g/mol. The van der Waals surface area contributed by atoms with Crippen LogP contribution in [0.15, 0.2) is 73.1 Å². The Morgan fingerprint density at radius 2 is 1.67 bits per heavy atom. The maximum absolute atomic E-state index is 12.5. The van der Waals surface area contributed by atoms with Crippen molar-refractivity contribution in [2.45, 2.75) is 19.9 Å². The molecule has 30 heavy (non-hydrogen) atoms. The van der Waals surface area contributed by atoms with E-state index in [1.54, 1.807) is 24.3 Å². The van der Waals surface area contributed by atoms with Gasteiger partial charge < -0.3 is 14.8 Å². The normalized spacial score (nSPS) is 10.8. The number of imidazole rings is 1. The van der Waals surface area contributed by atoms with E-state index in [1.807, 2.05) is 16.8 Å². The molecule has 150 valence electrons. The molecule has 0 aliphatic carbocycles. The quantitative estimate of drug-likeness (QED) is 0.516. The van der Waals surface area contributed by atoms with E-state index in [0.29, 0.717) is 12.1 Å². The summed E-state index contributed by atoms with van der Waals surface area (Å²) in [5.74, 6) is -1.18. The molecule has 0 radical (unpaired) electrons. The first-order chi connectivity index (χ1) is 14.5.